The monoisotopic (exact) mass is 303 g/mol. The lowest BCUT2D eigenvalue weighted by molar-refractivity contribution is 0.666. The quantitative estimate of drug-likeness (QED) is 0.736. The minimum atomic E-state index is 0.339. The zero-order valence-corrected chi connectivity index (χ0v) is 13.6. The molecule has 112 valence electrons. The summed E-state index contributed by atoms with van der Waals surface area (Å²) in [6.45, 7) is 7.27. The Bertz CT molecular complexity index is 570. The molecule has 0 radical (unpaired) electrons. The minimum absolute atomic E-state index is 0.339. The third-order valence-corrected chi connectivity index (χ3v) is 3.51. The molecule has 1 aromatic carbocycles. The van der Waals surface area contributed by atoms with Crippen molar-refractivity contribution >= 4 is 17.4 Å². The smallest absolute Gasteiger partial charge is 0.134 e. The molecule has 0 saturated carbocycles. The molecule has 0 saturated heterocycles. The summed E-state index contributed by atoms with van der Waals surface area (Å²) in [6.07, 6.45) is 1.87. The normalized spacial score (nSPS) is 10.9. The van der Waals surface area contributed by atoms with Gasteiger partial charge in [0.2, 0.25) is 0 Å². The molecule has 1 aromatic heterocycles. The number of rotatable bonds is 6. The Morgan fingerprint density at radius 1 is 1.14 bits per heavy atom. The van der Waals surface area contributed by atoms with Crippen LogP contribution in [0.1, 0.15) is 38.6 Å². The molecule has 0 aliphatic rings. The van der Waals surface area contributed by atoms with Crippen LogP contribution in [0.2, 0.25) is 5.15 Å². The fraction of sp³-hybridized carbons (Fsp3) is 0.412. The van der Waals surface area contributed by atoms with Crippen molar-refractivity contribution in [3.63, 3.8) is 0 Å². The summed E-state index contributed by atoms with van der Waals surface area (Å²) in [7, 11) is 0. The largest absolute Gasteiger partial charge is 0.350 e. The molecule has 0 aliphatic carbocycles. The van der Waals surface area contributed by atoms with E-state index < -0.39 is 0 Å². The summed E-state index contributed by atoms with van der Waals surface area (Å²) in [6, 6.07) is 12.6. The number of aryl methyl sites for hydroxylation is 1. The van der Waals surface area contributed by atoms with Crippen LogP contribution in [0.3, 0.4) is 0 Å². The van der Waals surface area contributed by atoms with E-state index in [1.807, 2.05) is 12.1 Å². The SMILES string of the molecule is CCCc1nc(Cl)cc(N(Cc2ccccc2)C(C)C)n1. The number of hydrogen-bond acceptors (Lipinski definition) is 3. The van der Waals surface area contributed by atoms with E-state index >= 15 is 0 Å². The third-order valence-electron chi connectivity index (χ3n) is 3.31. The molecule has 0 aliphatic heterocycles. The van der Waals surface area contributed by atoms with E-state index in [-0.39, 0.29) is 0 Å². The fourth-order valence-electron chi connectivity index (χ4n) is 2.24. The lowest BCUT2D eigenvalue weighted by Gasteiger charge is -2.28. The molecule has 2 rings (SSSR count). The van der Waals surface area contributed by atoms with Crippen molar-refractivity contribution in [1.29, 1.82) is 0 Å². The van der Waals surface area contributed by atoms with Crippen molar-refractivity contribution in [3.8, 4) is 0 Å². The van der Waals surface area contributed by atoms with E-state index in [9.17, 15) is 0 Å². The molecule has 0 bridgehead atoms. The third kappa shape index (κ3) is 4.43. The highest BCUT2D eigenvalue weighted by atomic mass is 35.5. The number of benzene rings is 1. The number of halogens is 1. The molecule has 1 heterocycles. The maximum absolute atomic E-state index is 6.16. The molecule has 21 heavy (non-hydrogen) atoms. The summed E-state index contributed by atoms with van der Waals surface area (Å²) < 4.78 is 0. The first-order valence-electron chi connectivity index (χ1n) is 7.44. The number of hydrogen-bond donors (Lipinski definition) is 0. The molecule has 0 fully saturated rings. The fourth-order valence-corrected chi connectivity index (χ4v) is 2.44. The van der Waals surface area contributed by atoms with Crippen LogP contribution in [0.25, 0.3) is 0 Å². The Kier molecular flexibility index (Phi) is 5.57. The van der Waals surface area contributed by atoms with Crippen LogP contribution in [0.5, 0.6) is 0 Å². The molecule has 0 N–H and O–H groups in total. The number of anilines is 1. The first kappa shape index (κ1) is 15.8. The Morgan fingerprint density at radius 3 is 2.48 bits per heavy atom. The second kappa shape index (κ2) is 7.41. The highest BCUT2D eigenvalue weighted by Crippen LogP contribution is 2.21. The van der Waals surface area contributed by atoms with E-state index in [0.29, 0.717) is 11.2 Å². The van der Waals surface area contributed by atoms with Gasteiger partial charge in [0.05, 0.1) is 0 Å². The Balaban J connectivity index is 2.29. The van der Waals surface area contributed by atoms with E-state index in [1.165, 1.54) is 5.56 Å². The van der Waals surface area contributed by atoms with Gasteiger partial charge in [-0.25, -0.2) is 9.97 Å². The predicted octanol–water partition coefficient (Wildman–Crippen LogP) is 4.50. The molecule has 0 unspecified atom stereocenters. The van der Waals surface area contributed by atoms with Crippen LogP contribution < -0.4 is 4.90 Å². The second-order valence-electron chi connectivity index (χ2n) is 5.42. The predicted molar refractivity (Wildman–Crippen MR) is 88.8 cm³/mol. The number of nitrogens with zero attached hydrogens (tertiary/aromatic N) is 3. The zero-order valence-electron chi connectivity index (χ0n) is 12.9. The number of aromatic nitrogens is 2. The molecule has 0 spiro atoms. The van der Waals surface area contributed by atoms with E-state index in [0.717, 1.165) is 31.0 Å². The van der Waals surface area contributed by atoms with Gasteiger partial charge in [-0.15, -0.1) is 0 Å². The topological polar surface area (TPSA) is 29.0 Å². The van der Waals surface area contributed by atoms with Gasteiger partial charge < -0.3 is 4.90 Å². The zero-order chi connectivity index (χ0) is 15.2. The van der Waals surface area contributed by atoms with Crippen molar-refractivity contribution in [2.75, 3.05) is 4.90 Å². The van der Waals surface area contributed by atoms with Gasteiger partial charge in [0.25, 0.3) is 0 Å². The summed E-state index contributed by atoms with van der Waals surface area (Å²) in [5.74, 6) is 1.72. The van der Waals surface area contributed by atoms with Gasteiger partial charge in [-0.05, 0) is 25.8 Å². The van der Waals surface area contributed by atoms with Gasteiger partial charge in [0.1, 0.15) is 16.8 Å². The molecule has 2 aromatic rings. The Morgan fingerprint density at radius 2 is 1.86 bits per heavy atom. The van der Waals surface area contributed by atoms with E-state index in [1.54, 1.807) is 0 Å². The molecule has 3 nitrogen and oxygen atoms in total. The van der Waals surface area contributed by atoms with Crippen molar-refractivity contribution in [2.45, 2.75) is 46.2 Å². The van der Waals surface area contributed by atoms with E-state index in [4.69, 9.17) is 11.6 Å². The highest BCUT2D eigenvalue weighted by molar-refractivity contribution is 6.29. The van der Waals surface area contributed by atoms with Crippen LogP contribution in [0.4, 0.5) is 5.82 Å². The Hall–Kier alpha value is -1.61. The summed E-state index contributed by atoms with van der Waals surface area (Å²) >= 11 is 6.16. The lowest BCUT2D eigenvalue weighted by Crippen LogP contribution is -2.31. The van der Waals surface area contributed by atoms with Crippen LogP contribution >= 0.6 is 11.6 Å². The molecular weight excluding hydrogens is 282 g/mol. The van der Waals surface area contributed by atoms with Crippen LogP contribution in [-0.4, -0.2) is 16.0 Å². The highest BCUT2D eigenvalue weighted by Gasteiger charge is 2.14. The second-order valence-corrected chi connectivity index (χ2v) is 5.81. The maximum Gasteiger partial charge on any atom is 0.134 e. The lowest BCUT2D eigenvalue weighted by atomic mass is 10.2. The van der Waals surface area contributed by atoms with Gasteiger partial charge >= 0.3 is 0 Å². The van der Waals surface area contributed by atoms with Crippen molar-refractivity contribution < 1.29 is 0 Å². The van der Waals surface area contributed by atoms with Gasteiger partial charge in [0.15, 0.2) is 0 Å². The Labute approximate surface area is 132 Å². The summed E-state index contributed by atoms with van der Waals surface area (Å²) in [4.78, 5) is 11.2. The van der Waals surface area contributed by atoms with Crippen molar-refractivity contribution in [3.05, 3.63) is 52.9 Å². The summed E-state index contributed by atoms with van der Waals surface area (Å²) in [5.41, 5.74) is 1.26. The van der Waals surface area contributed by atoms with Gasteiger partial charge in [-0.2, -0.15) is 0 Å². The standard InChI is InChI=1S/C17H22ClN3/c1-4-8-16-19-15(18)11-17(20-16)21(13(2)3)12-14-9-6-5-7-10-14/h5-7,9-11,13H,4,8,12H2,1-3H3. The van der Waals surface area contributed by atoms with Gasteiger partial charge in [-0.3, -0.25) is 0 Å². The molecule has 0 atom stereocenters. The van der Waals surface area contributed by atoms with Crippen molar-refractivity contribution in [1.82, 2.24) is 9.97 Å². The van der Waals surface area contributed by atoms with Crippen molar-refractivity contribution in [2.24, 2.45) is 0 Å². The van der Waals surface area contributed by atoms with Crippen LogP contribution in [-0.2, 0) is 13.0 Å². The van der Waals surface area contributed by atoms with E-state index in [2.05, 4.69) is 59.9 Å². The molecule has 0 amide bonds. The average molecular weight is 304 g/mol. The maximum atomic E-state index is 6.16. The molecular formula is C17H22ClN3. The van der Waals surface area contributed by atoms with Crippen LogP contribution in [0, 0.1) is 0 Å². The van der Waals surface area contributed by atoms with Gasteiger partial charge in [0, 0.05) is 25.1 Å². The first-order valence-corrected chi connectivity index (χ1v) is 7.82. The van der Waals surface area contributed by atoms with Crippen LogP contribution in [0.15, 0.2) is 36.4 Å². The average Bonchev–Trinajstić information content (AvgIpc) is 2.45. The van der Waals surface area contributed by atoms with Gasteiger partial charge in [-0.1, -0.05) is 48.9 Å². The minimum Gasteiger partial charge on any atom is -0.350 e. The first-order chi connectivity index (χ1) is 10.1. The summed E-state index contributed by atoms with van der Waals surface area (Å²) in [5, 5.41) is 0.516. The molecule has 4 heteroatoms.